The highest BCUT2D eigenvalue weighted by Crippen LogP contribution is 2.23. The van der Waals surface area contributed by atoms with Crippen molar-refractivity contribution in [3.05, 3.63) is 30.3 Å². The molecule has 0 aromatic carbocycles. The number of hydrogen-bond donors (Lipinski definition) is 1. The minimum absolute atomic E-state index is 0.266. The van der Waals surface area contributed by atoms with Gasteiger partial charge >= 0.3 is 0 Å². The van der Waals surface area contributed by atoms with E-state index in [-0.39, 0.29) is 5.92 Å². The second-order valence-electron chi connectivity index (χ2n) is 6.76. The van der Waals surface area contributed by atoms with Crippen molar-refractivity contribution in [3.63, 3.8) is 0 Å². The van der Waals surface area contributed by atoms with Crippen LogP contribution >= 0.6 is 0 Å². The molecule has 1 N–H and O–H groups in total. The third-order valence-corrected chi connectivity index (χ3v) is 4.56. The monoisotopic (exact) mass is 341 g/mol. The minimum Gasteiger partial charge on any atom is -0.355 e. The van der Waals surface area contributed by atoms with E-state index in [2.05, 4.69) is 48.7 Å². The van der Waals surface area contributed by atoms with E-state index in [1.165, 1.54) is 0 Å². The standard InChI is InChI=1S/C17H23N7O/c1-12(2)17-21-14(22-25-17)10-23-6-3-7-24(9-8-23)16-13-4-5-18-15(13)19-11-20-16/h4-5,11-12H,3,6-10H2,1-2H3,(H,18,19,20). The maximum atomic E-state index is 5.31. The van der Waals surface area contributed by atoms with Gasteiger partial charge in [-0.25, -0.2) is 9.97 Å². The summed E-state index contributed by atoms with van der Waals surface area (Å²) in [6, 6.07) is 2.04. The highest BCUT2D eigenvalue weighted by Gasteiger charge is 2.20. The van der Waals surface area contributed by atoms with Gasteiger partial charge in [0.1, 0.15) is 17.8 Å². The lowest BCUT2D eigenvalue weighted by molar-refractivity contribution is 0.271. The molecule has 25 heavy (non-hydrogen) atoms. The number of hydrogen-bond acceptors (Lipinski definition) is 7. The van der Waals surface area contributed by atoms with Crippen LogP contribution in [0.25, 0.3) is 11.0 Å². The lowest BCUT2D eigenvalue weighted by atomic mass is 10.2. The molecule has 132 valence electrons. The summed E-state index contributed by atoms with van der Waals surface area (Å²) in [5.74, 6) is 2.76. The van der Waals surface area contributed by atoms with Crippen LogP contribution in [0.5, 0.6) is 0 Å². The van der Waals surface area contributed by atoms with Crippen LogP contribution in [0, 0.1) is 0 Å². The van der Waals surface area contributed by atoms with E-state index in [1.807, 2.05) is 12.3 Å². The fraction of sp³-hybridized carbons (Fsp3) is 0.529. The van der Waals surface area contributed by atoms with Gasteiger partial charge in [-0.05, 0) is 12.5 Å². The summed E-state index contributed by atoms with van der Waals surface area (Å²) in [6.45, 7) is 8.72. The van der Waals surface area contributed by atoms with Crippen molar-refractivity contribution in [1.82, 2.24) is 30.0 Å². The first-order chi connectivity index (χ1) is 12.2. The van der Waals surface area contributed by atoms with Gasteiger partial charge in [-0.2, -0.15) is 4.98 Å². The van der Waals surface area contributed by atoms with E-state index in [0.29, 0.717) is 5.89 Å². The molecule has 0 bridgehead atoms. The first-order valence-electron chi connectivity index (χ1n) is 8.78. The number of fused-ring (bicyclic) bond motifs is 1. The van der Waals surface area contributed by atoms with Crippen LogP contribution in [0.15, 0.2) is 23.1 Å². The average Bonchev–Trinajstić information content (AvgIpc) is 3.21. The molecule has 3 aromatic rings. The number of H-pyrrole nitrogens is 1. The molecule has 3 aromatic heterocycles. The molecule has 1 saturated heterocycles. The molecule has 8 nitrogen and oxygen atoms in total. The van der Waals surface area contributed by atoms with Crippen molar-refractivity contribution in [2.45, 2.75) is 32.7 Å². The van der Waals surface area contributed by atoms with Crippen molar-refractivity contribution in [3.8, 4) is 0 Å². The van der Waals surface area contributed by atoms with E-state index in [9.17, 15) is 0 Å². The predicted octanol–water partition coefficient (Wildman–Crippen LogP) is 2.18. The molecule has 0 unspecified atom stereocenters. The zero-order valence-corrected chi connectivity index (χ0v) is 14.6. The fourth-order valence-corrected chi connectivity index (χ4v) is 3.22. The SMILES string of the molecule is CC(C)c1nc(CN2CCCN(c3ncnc4[nH]ccc34)CC2)no1. The highest BCUT2D eigenvalue weighted by molar-refractivity contribution is 5.87. The summed E-state index contributed by atoms with van der Waals surface area (Å²) >= 11 is 0. The summed E-state index contributed by atoms with van der Waals surface area (Å²) in [5, 5.41) is 5.19. The number of nitrogens with one attached hydrogen (secondary N) is 1. The molecule has 0 saturated carbocycles. The smallest absolute Gasteiger partial charge is 0.229 e. The maximum absolute atomic E-state index is 5.31. The highest BCUT2D eigenvalue weighted by atomic mass is 16.5. The summed E-state index contributed by atoms with van der Waals surface area (Å²) in [6.07, 6.45) is 4.61. The first kappa shape index (κ1) is 16.0. The number of aromatic amines is 1. The Morgan fingerprint density at radius 2 is 2.12 bits per heavy atom. The molecule has 4 rings (SSSR count). The van der Waals surface area contributed by atoms with Gasteiger partial charge in [0.2, 0.25) is 5.89 Å². The van der Waals surface area contributed by atoms with Crippen LogP contribution in [0.1, 0.15) is 37.9 Å². The van der Waals surface area contributed by atoms with Gasteiger partial charge in [0.15, 0.2) is 5.82 Å². The van der Waals surface area contributed by atoms with Crippen LogP contribution in [0.4, 0.5) is 5.82 Å². The molecule has 0 spiro atoms. The van der Waals surface area contributed by atoms with E-state index in [1.54, 1.807) is 6.33 Å². The molecular formula is C17H23N7O. The van der Waals surface area contributed by atoms with Crippen molar-refractivity contribution in [2.24, 2.45) is 0 Å². The number of anilines is 1. The Morgan fingerprint density at radius 1 is 1.20 bits per heavy atom. The topological polar surface area (TPSA) is 87.0 Å². The molecule has 8 heteroatoms. The summed E-state index contributed by atoms with van der Waals surface area (Å²) in [5.41, 5.74) is 0.888. The van der Waals surface area contributed by atoms with Crippen LogP contribution in [-0.4, -0.2) is 56.2 Å². The molecule has 1 aliphatic rings. The molecule has 0 atom stereocenters. The zero-order chi connectivity index (χ0) is 17.2. The van der Waals surface area contributed by atoms with Gasteiger partial charge in [-0.3, -0.25) is 4.90 Å². The van der Waals surface area contributed by atoms with Gasteiger partial charge in [-0.15, -0.1) is 0 Å². The summed E-state index contributed by atoms with van der Waals surface area (Å²) < 4.78 is 5.31. The Bertz CT molecular complexity index is 840. The maximum Gasteiger partial charge on any atom is 0.229 e. The predicted molar refractivity (Wildman–Crippen MR) is 94.4 cm³/mol. The van der Waals surface area contributed by atoms with E-state index < -0.39 is 0 Å². The Kier molecular flexibility index (Phi) is 4.35. The largest absolute Gasteiger partial charge is 0.355 e. The summed E-state index contributed by atoms with van der Waals surface area (Å²) in [4.78, 5) is 21.2. The second kappa shape index (κ2) is 6.79. The van der Waals surface area contributed by atoms with E-state index >= 15 is 0 Å². The van der Waals surface area contributed by atoms with Crippen LogP contribution in [0.3, 0.4) is 0 Å². The second-order valence-corrected chi connectivity index (χ2v) is 6.76. The molecular weight excluding hydrogens is 318 g/mol. The quantitative estimate of drug-likeness (QED) is 0.778. The number of nitrogens with zero attached hydrogens (tertiary/aromatic N) is 6. The number of aromatic nitrogens is 5. The zero-order valence-electron chi connectivity index (χ0n) is 14.6. The van der Waals surface area contributed by atoms with Gasteiger partial charge in [0.05, 0.1) is 11.9 Å². The van der Waals surface area contributed by atoms with Crippen molar-refractivity contribution in [1.29, 1.82) is 0 Å². The van der Waals surface area contributed by atoms with Crippen molar-refractivity contribution in [2.75, 3.05) is 31.1 Å². The third kappa shape index (κ3) is 3.34. The average molecular weight is 341 g/mol. The summed E-state index contributed by atoms with van der Waals surface area (Å²) in [7, 11) is 0. The minimum atomic E-state index is 0.266. The number of rotatable bonds is 4. The van der Waals surface area contributed by atoms with Gasteiger partial charge in [0.25, 0.3) is 0 Å². The Balaban J connectivity index is 1.44. The van der Waals surface area contributed by atoms with Gasteiger partial charge in [-0.1, -0.05) is 19.0 Å². The molecule has 0 aliphatic carbocycles. The van der Waals surface area contributed by atoms with Crippen LogP contribution in [0.2, 0.25) is 0 Å². The van der Waals surface area contributed by atoms with Crippen molar-refractivity contribution < 1.29 is 4.52 Å². The van der Waals surface area contributed by atoms with Gasteiger partial charge in [0, 0.05) is 38.3 Å². The molecule has 4 heterocycles. The van der Waals surface area contributed by atoms with Crippen LogP contribution < -0.4 is 4.90 Å². The first-order valence-corrected chi connectivity index (χ1v) is 8.78. The molecule has 1 aliphatic heterocycles. The van der Waals surface area contributed by atoms with Gasteiger partial charge < -0.3 is 14.4 Å². The molecule has 0 amide bonds. The molecule has 1 fully saturated rings. The van der Waals surface area contributed by atoms with Crippen LogP contribution in [-0.2, 0) is 6.54 Å². The Hall–Kier alpha value is -2.48. The van der Waals surface area contributed by atoms with E-state index in [0.717, 1.165) is 61.8 Å². The van der Waals surface area contributed by atoms with E-state index in [4.69, 9.17) is 4.52 Å². The lowest BCUT2D eigenvalue weighted by Crippen LogP contribution is -2.31. The molecule has 0 radical (unpaired) electrons. The van der Waals surface area contributed by atoms with Crippen molar-refractivity contribution >= 4 is 16.9 Å². The lowest BCUT2D eigenvalue weighted by Gasteiger charge is -2.22. The third-order valence-electron chi connectivity index (χ3n) is 4.56. The fourth-order valence-electron chi connectivity index (χ4n) is 3.22. The Morgan fingerprint density at radius 3 is 2.96 bits per heavy atom. The normalized spacial score (nSPS) is 16.7. The Labute approximate surface area is 146 Å².